The van der Waals surface area contributed by atoms with E-state index in [0.717, 1.165) is 31.7 Å². The van der Waals surface area contributed by atoms with Crippen LogP contribution in [0, 0.1) is 17.2 Å². The minimum Gasteiger partial charge on any atom is -0.387 e. The fourth-order valence-corrected chi connectivity index (χ4v) is 2.31. The molecule has 1 fully saturated rings. The molecule has 0 spiro atoms. The second kappa shape index (κ2) is 6.62. The Morgan fingerprint density at radius 1 is 1.32 bits per heavy atom. The lowest BCUT2D eigenvalue weighted by Gasteiger charge is -2.34. The molecule has 102 valence electrons. The molecule has 1 aromatic heterocycles. The van der Waals surface area contributed by atoms with Gasteiger partial charge >= 0.3 is 0 Å². The molecule has 1 aromatic rings. The maximum atomic E-state index is 10.3. The van der Waals surface area contributed by atoms with Crippen molar-refractivity contribution in [2.75, 3.05) is 39.8 Å². The fraction of sp³-hybridized carbons (Fsp3) is 0.571. The van der Waals surface area contributed by atoms with Gasteiger partial charge in [0.1, 0.15) is 0 Å². The van der Waals surface area contributed by atoms with Crippen molar-refractivity contribution in [3.8, 4) is 6.07 Å². The lowest BCUT2D eigenvalue weighted by atomic mass is 9.97. The van der Waals surface area contributed by atoms with Gasteiger partial charge in [0.2, 0.25) is 0 Å². The monoisotopic (exact) mass is 260 g/mol. The maximum absolute atomic E-state index is 10.3. The number of pyridine rings is 1. The van der Waals surface area contributed by atoms with Gasteiger partial charge in [-0.25, -0.2) is 0 Å². The Morgan fingerprint density at radius 3 is 2.53 bits per heavy atom. The van der Waals surface area contributed by atoms with Gasteiger partial charge in [-0.05, 0) is 24.7 Å². The summed E-state index contributed by atoms with van der Waals surface area (Å²) in [7, 11) is 2.10. The van der Waals surface area contributed by atoms with Crippen molar-refractivity contribution in [1.82, 2.24) is 14.8 Å². The van der Waals surface area contributed by atoms with Crippen molar-refractivity contribution in [3.63, 3.8) is 0 Å². The van der Waals surface area contributed by atoms with Crippen LogP contribution in [0.5, 0.6) is 0 Å². The number of aliphatic hydroxyl groups is 1. The van der Waals surface area contributed by atoms with Crippen LogP contribution in [0.2, 0.25) is 0 Å². The Bertz CT molecular complexity index is 423. The number of aromatic nitrogens is 1. The van der Waals surface area contributed by atoms with Gasteiger partial charge < -0.3 is 10.0 Å². The summed E-state index contributed by atoms with van der Waals surface area (Å²) < 4.78 is 0. The van der Waals surface area contributed by atoms with E-state index in [1.165, 1.54) is 0 Å². The lowest BCUT2D eigenvalue weighted by Crippen LogP contribution is -2.46. The Balaban J connectivity index is 1.95. The van der Waals surface area contributed by atoms with Gasteiger partial charge in [-0.1, -0.05) is 0 Å². The molecular formula is C14H20N4O. The van der Waals surface area contributed by atoms with E-state index in [-0.39, 0.29) is 0 Å². The van der Waals surface area contributed by atoms with Gasteiger partial charge in [0.15, 0.2) is 0 Å². The first-order valence-corrected chi connectivity index (χ1v) is 6.59. The van der Waals surface area contributed by atoms with Crippen molar-refractivity contribution in [2.45, 2.75) is 6.10 Å². The summed E-state index contributed by atoms with van der Waals surface area (Å²) >= 11 is 0. The molecular weight excluding hydrogens is 240 g/mol. The standard InChI is InChI=1S/C14H20N4O/c1-17-6-8-18(9-7-17)11-13(10-15)14(19)12-2-4-16-5-3-12/h2-5,13-14,19H,6-9,11H2,1H3. The molecule has 2 heterocycles. The number of piperazine rings is 1. The molecule has 5 heteroatoms. The van der Waals surface area contributed by atoms with E-state index >= 15 is 0 Å². The predicted molar refractivity (Wildman–Crippen MR) is 72.2 cm³/mol. The van der Waals surface area contributed by atoms with Gasteiger partial charge in [-0.15, -0.1) is 0 Å². The van der Waals surface area contributed by atoms with Gasteiger partial charge in [-0.3, -0.25) is 9.88 Å². The summed E-state index contributed by atoms with van der Waals surface area (Å²) in [5.41, 5.74) is 0.760. The summed E-state index contributed by atoms with van der Waals surface area (Å²) in [4.78, 5) is 8.45. The highest BCUT2D eigenvalue weighted by Crippen LogP contribution is 2.22. The largest absolute Gasteiger partial charge is 0.387 e. The molecule has 19 heavy (non-hydrogen) atoms. The number of aliphatic hydroxyl groups excluding tert-OH is 1. The lowest BCUT2D eigenvalue weighted by molar-refractivity contribution is 0.0844. The van der Waals surface area contributed by atoms with E-state index in [1.807, 2.05) is 0 Å². The first-order chi connectivity index (χ1) is 9.20. The zero-order valence-electron chi connectivity index (χ0n) is 11.2. The third kappa shape index (κ3) is 3.74. The fourth-order valence-electron chi connectivity index (χ4n) is 2.31. The molecule has 2 unspecified atom stereocenters. The highest BCUT2D eigenvalue weighted by atomic mass is 16.3. The number of likely N-dealkylation sites (N-methyl/N-ethyl adjacent to an activating group) is 1. The highest BCUT2D eigenvalue weighted by Gasteiger charge is 2.24. The van der Waals surface area contributed by atoms with Crippen LogP contribution in [0.3, 0.4) is 0 Å². The minimum absolute atomic E-state index is 0.397. The zero-order valence-corrected chi connectivity index (χ0v) is 11.2. The quantitative estimate of drug-likeness (QED) is 0.854. The second-order valence-electron chi connectivity index (χ2n) is 5.06. The number of nitrogens with zero attached hydrogens (tertiary/aromatic N) is 4. The molecule has 2 atom stereocenters. The number of hydrogen-bond donors (Lipinski definition) is 1. The molecule has 0 saturated carbocycles. The predicted octanol–water partition coefficient (Wildman–Crippen LogP) is 0.502. The summed E-state index contributed by atoms with van der Waals surface area (Å²) in [5.74, 6) is -0.397. The van der Waals surface area contributed by atoms with E-state index in [0.29, 0.717) is 6.54 Å². The Labute approximate surface area is 114 Å². The number of hydrogen-bond acceptors (Lipinski definition) is 5. The van der Waals surface area contributed by atoms with E-state index < -0.39 is 12.0 Å². The van der Waals surface area contributed by atoms with Gasteiger partial charge in [0.05, 0.1) is 18.1 Å². The summed E-state index contributed by atoms with van der Waals surface area (Å²) in [6, 6.07) is 5.76. The Morgan fingerprint density at radius 2 is 1.95 bits per heavy atom. The summed E-state index contributed by atoms with van der Waals surface area (Å²) in [5, 5.41) is 19.6. The zero-order chi connectivity index (χ0) is 13.7. The summed E-state index contributed by atoms with van der Waals surface area (Å²) in [6.45, 7) is 4.57. The SMILES string of the molecule is CN1CCN(CC(C#N)C(O)c2ccncc2)CC1. The van der Waals surface area contributed by atoms with Crippen molar-refractivity contribution in [2.24, 2.45) is 5.92 Å². The van der Waals surface area contributed by atoms with Crippen LogP contribution in [0.15, 0.2) is 24.5 Å². The van der Waals surface area contributed by atoms with Gasteiger partial charge in [0.25, 0.3) is 0 Å². The molecule has 0 amide bonds. The molecule has 1 N–H and O–H groups in total. The van der Waals surface area contributed by atoms with E-state index in [9.17, 15) is 10.4 Å². The van der Waals surface area contributed by atoms with Crippen LogP contribution in [-0.4, -0.2) is 59.7 Å². The molecule has 1 saturated heterocycles. The number of rotatable bonds is 4. The average molecular weight is 260 g/mol. The second-order valence-corrected chi connectivity index (χ2v) is 5.06. The molecule has 2 rings (SSSR count). The van der Waals surface area contributed by atoms with Crippen LogP contribution >= 0.6 is 0 Å². The maximum Gasteiger partial charge on any atom is 0.0961 e. The molecule has 1 aliphatic rings. The molecule has 1 aliphatic heterocycles. The first-order valence-electron chi connectivity index (χ1n) is 6.59. The normalized spacial score (nSPS) is 20.7. The van der Waals surface area contributed by atoms with Gasteiger partial charge in [-0.2, -0.15) is 5.26 Å². The molecule has 5 nitrogen and oxygen atoms in total. The Hall–Kier alpha value is -1.48. The van der Waals surface area contributed by atoms with E-state index in [4.69, 9.17) is 0 Å². The third-order valence-corrected chi connectivity index (χ3v) is 3.65. The Kier molecular flexibility index (Phi) is 4.86. The van der Waals surface area contributed by atoms with Crippen molar-refractivity contribution >= 4 is 0 Å². The van der Waals surface area contributed by atoms with E-state index in [2.05, 4.69) is 27.9 Å². The minimum atomic E-state index is -0.743. The average Bonchev–Trinajstić information content (AvgIpc) is 2.47. The molecule has 0 aromatic carbocycles. The van der Waals surface area contributed by atoms with Crippen LogP contribution in [0.1, 0.15) is 11.7 Å². The molecule has 0 radical (unpaired) electrons. The van der Waals surface area contributed by atoms with Crippen LogP contribution in [0.25, 0.3) is 0 Å². The third-order valence-electron chi connectivity index (χ3n) is 3.65. The van der Waals surface area contributed by atoms with Crippen LogP contribution in [-0.2, 0) is 0 Å². The first kappa shape index (κ1) is 13.9. The number of nitriles is 1. The molecule has 0 aliphatic carbocycles. The smallest absolute Gasteiger partial charge is 0.0961 e. The van der Waals surface area contributed by atoms with Crippen molar-refractivity contribution < 1.29 is 5.11 Å². The van der Waals surface area contributed by atoms with Crippen LogP contribution in [0.4, 0.5) is 0 Å². The van der Waals surface area contributed by atoms with Crippen LogP contribution < -0.4 is 0 Å². The molecule has 0 bridgehead atoms. The van der Waals surface area contributed by atoms with Crippen molar-refractivity contribution in [3.05, 3.63) is 30.1 Å². The summed E-state index contributed by atoms with van der Waals surface area (Å²) in [6.07, 6.45) is 2.54. The highest BCUT2D eigenvalue weighted by molar-refractivity contribution is 5.16. The van der Waals surface area contributed by atoms with Crippen molar-refractivity contribution in [1.29, 1.82) is 5.26 Å². The van der Waals surface area contributed by atoms with E-state index in [1.54, 1.807) is 24.5 Å². The van der Waals surface area contributed by atoms with Gasteiger partial charge in [0, 0.05) is 45.1 Å². The topological polar surface area (TPSA) is 63.4 Å².